The van der Waals surface area contributed by atoms with Crippen LogP contribution in [-0.2, 0) is 10.0 Å². The van der Waals surface area contributed by atoms with Crippen molar-refractivity contribution < 1.29 is 22.0 Å². The Bertz CT molecular complexity index is 1190. The Morgan fingerprint density at radius 3 is 2.24 bits per heavy atom. The average molecular weight is 457 g/mol. The maximum atomic E-state index is 14.4. The predicted molar refractivity (Wildman–Crippen MR) is 108 cm³/mol. The Kier molecular flexibility index (Phi) is 6.07. The molecule has 29 heavy (non-hydrogen) atoms. The number of carbonyl (C=O) groups is 1. The fourth-order valence-corrected chi connectivity index (χ4v) is 3.83. The summed E-state index contributed by atoms with van der Waals surface area (Å²) in [5.74, 6) is -2.17. The van der Waals surface area contributed by atoms with Gasteiger partial charge in [0, 0.05) is 5.56 Å². The summed E-state index contributed by atoms with van der Waals surface area (Å²) in [5.41, 5.74) is -0.0907. The molecule has 0 aromatic heterocycles. The quantitative estimate of drug-likeness (QED) is 0.544. The zero-order chi connectivity index (χ0) is 21.2. The van der Waals surface area contributed by atoms with Crippen LogP contribution in [0.3, 0.4) is 0 Å². The van der Waals surface area contributed by atoms with Crippen LogP contribution >= 0.6 is 23.2 Å². The van der Waals surface area contributed by atoms with Gasteiger partial charge < -0.3 is 5.32 Å². The smallest absolute Gasteiger partial charge is 0.262 e. The maximum Gasteiger partial charge on any atom is 0.262 e. The zero-order valence-corrected chi connectivity index (χ0v) is 16.7. The minimum atomic E-state index is -4.16. The number of anilines is 2. The topological polar surface area (TPSA) is 75.3 Å². The fraction of sp³-hybridized carbons (Fsp3) is 0. The second-order valence-corrected chi connectivity index (χ2v) is 8.28. The monoisotopic (exact) mass is 456 g/mol. The second-order valence-electron chi connectivity index (χ2n) is 5.81. The number of hydrogen-bond donors (Lipinski definition) is 2. The van der Waals surface area contributed by atoms with E-state index in [0.29, 0.717) is 0 Å². The number of nitrogens with one attached hydrogen (secondary N) is 2. The Balaban J connectivity index is 1.82. The summed E-state index contributed by atoms with van der Waals surface area (Å²) in [5, 5.41) is 2.45. The van der Waals surface area contributed by atoms with E-state index >= 15 is 0 Å². The number of hydrogen-bond acceptors (Lipinski definition) is 3. The highest BCUT2D eigenvalue weighted by molar-refractivity contribution is 7.92. The van der Waals surface area contributed by atoms with Gasteiger partial charge in [-0.1, -0.05) is 29.3 Å². The zero-order valence-electron chi connectivity index (χ0n) is 14.4. The van der Waals surface area contributed by atoms with Crippen molar-refractivity contribution >= 4 is 50.5 Å². The molecular weight excluding hydrogens is 445 g/mol. The first kappa shape index (κ1) is 21.0. The number of sulfonamides is 1. The van der Waals surface area contributed by atoms with E-state index in [0.717, 1.165) is 30.3 Å². The van der Waals surface area contributed by atoms with Crippen LogP contribution in [0, 0.1) is 11.6 Å². The van der Waals surface area contributed by atoms with Gasteiger partial charge in [-0.25, -0.2) is 17.2 Å². The number of benzene rings is 3. The van der Waals surface area contributed by atoms with Gasteiger partial charge in [0.2, 0.25) is 0 Å². The first-order valence-corrected chi connectivity index (χ1v) is 10.2. The molecule has 10 heteroatoms. The highest BCUT2D eigenvalue weighted by Gasteiger charge is 2.19. The van der Waals surface area contributed by atoms with E-state index < -0.39 is 27.6 Å². The Morgan fingerprint density at radius 2 is 1.59 bits per heavy atom. The van der Waals surface area contributed by atoms with Crippen molar-refractivity contribution in [1.82, 2.24) is 0 Å². The van der Waals surface area contributed by atoms with Crippen LogP contribution < -0.4 is 10.0 Å². The highest BCUT2D eigenvalue weighted by Crippen LogP contribution is 2.31. The maximum absolute atomic E-state index is 14.4. The fourth-order valence-electron chi connectivity index (χ4n) is 2.35. The van der Waals surface area contributed by atoms with Gasteiger partial charge in [-0.15, -0.1) is 0 Å². The van der Waals surface area contributed by atoms with E-state index in [4.69, 9.17) is 23.2 Å². The number of halogens is 4. The second kappa shape index (κ2) is 8.36. The predicted octanol–water partition coefficient (Wildman–Crippen LogP) is 5.32. The summed E-state index contributed by atoms with van der Waals surface area (Å²) in [7, 11) is -4.16. The molecule has 0 heterocycles. The standard InChI is InChI=1S/C19H12Cl2F2N2O3S/c20-14-2-1-3-17(18(14)21)25-29(27,28)13-8-9-16(15(23)10-13)24-19(26)11-4-6-12(22)7-5-11/h1-10,25H,(H,24,26). The summed E-state index contributed by atoms with van der Waals surface area (Å²) in [4.78, 5) is 11.7. The van der Waals surface area contributed by atoms with Crippen molar-refractivity contribution in [3.63, 3.8) is 0 Å². The van der Waals surface area contributed by atoms with E-state index in [1.807, 2.05) is 0 Å². The van der Waals surface area contributed by atoms with Crippen LogP contribution in [0.1, 0.15) is 10.4 Å². The molecule has 3 aromatic carbocycles. The summed E-state index contributed by atoms with van der Waals surface area (Å²) in [6.07, 6.45) is 0. The molecule has 0 fully saturated rings. The lowest BCUT2D eigenvalue weighted by molar-refractivity contribution is 0.102. The molecule has 0 aliphatic heterocycles. The highest BCUT2D eigenvalue weighted by atomic mass is 35.5. The molecule has 0 atom stereocenters. The van der Waals surface area contributed by atoms with Crippen molar-refractivity contribution in [2.75, 3.05) is 10.0 Å². The SMILES string of the molecule is O=C(Nc1ccc(S(=O)(=O)Nc2cccc(Cl)c2Cl)cc1F)c1ccc(F)cc1. The molecular formula is C19H12Cl2F2N2O3S. The summed E-state index contributed by atoms with van der Waals surface area (Å²) in [6.45, 7) is 0. The van der Waals surface area contributed by atoms with Crippen molar-refractivity contribution in [2.45, 2.75) is 4.90 Å². The number of carbonyl (C=O) groups excluding carboxylic acids is 1. The first-order chi connectivity index (χ1) is 13.7. The molecule has 0 saturated heterocycles. The van der Waals surface area contributed by atoms with Gasteiger partial charge in [0.1, 0.15) is 11.6 Å². The third kappa shape index (κ3) is 4.84. The molecule has 0 saturated carbocycles. The third-order valence-electron chi connectivity index (χ3n) is 3.80. The number of amides is 1. The van der Waals surface area contributed by atoms with Crippen LogP contribution in [0.2, 0.25) is 10.0 Å². The Labute approximate surface area is 175 Å². The lowest BCUT2D eigenvalue weighted by Crippen LogP contribution is -2.15. The van der Waals surface area contributed by atoms with Crippen LogP contribution in [0.25, 0.3) is 0 Å². The molecule has 1 amide bonds. The van der Waals surface area contributed by atoms with E-state index in [-0.39, 0.29) is 31.9 Å². The molecule has 2 N–H and O–H groups in total. The van der Waals surface area contributed by atoms with E-state index in [1.165, 1.54) is 30.3 Å². The molecule has 0 unspecified atom stereocenters. The van der Waals surface area contributed by atoms with Gasteiger partial charge in [-0.3, -0.25) is 9.52 Å². The number of rotatable bonds is 5. The van der Waals surface area contributed by atoms with Crippen molar-refractivity contribution in [2.24, 2.45) is 0 Å². The van der Waals surface area contributed by atoms with Crippen LogP contribution in [0.5, 0.6) is 0 Å². The van der Waals surface area contributed by atoms with Gasteiger partial charge in [-0.05, 0) is 54.6 Å². The molecule has 0 aliphatic rings. The summed E-state index contributed by atoms with van der Waals surface area (Å²) >= 11 is 11.8. The minimum absolute atomic E-state index is 0.00129. The molecule has 150 valence electrons. The van der Waals surface area contributed by atoms with E-state index in [1.54, 1.807) is 0 Å². The van der Waals surface area contributed by atoms with Crippen molar-refractivity contribution in [3.8, 4) is 0 Å². The van der Waals surface area contributed by atoms with E-state index in [2.05, 4.69) is 10.0 Å². The molecule has 0 spiro atoms. The van der Waals surface area contributed by atoms with Crippen molar-refractivity contribution in [1.29, 1.82) is 0 Å². The normalized spacial score (nSPS) is 11.2. The van der Waals surface area contributed by atoms with Crippen LogP contribution in [-0.4, -0.2) is 14.3 Å². The van der Waals surface area contributed by atoms with Gasteiger partial charge in [0.25, 0.3) is 15.9 Å². The summed E-state index contributed by atoms with van der Waals surface area (Å²) in [6, 6.07) is 12.0. The van der Waals surface area contributed by atoms with Gasteiger partial charge >= 0.3 is 0 Å². The lowest BCUT2D eigenvalue weighted by atomic mass is 10.2. The average Bonchev–Trinajstić information content (AvgIpc) is 2.67. The molecule has 0 aliphatic carbocycles. The molecule has 0 bridgehead atoms. The lowest BCUT2D eigenvalue weighted by Gasteiger charge is -2.12. The Hall–Kier alpha value is -2.68. The molecule has 3 rings (SSSR count). The van der Waals surface area contributed by atoms with Crippen LogP contribution in [0.15, 0.2) is 65.6 Å². The third-order valence-corrected chi connectivity index (χ3v) is 5.98. The van der Waals surface area contributed by atoms with Crippen molar-refractivity contribution in [3.05, 3.63) is 87.9 Å². The molecule has 0 radical (unpaired) electrons. The van der Waals surface area contributed by atoms with Crippen LogP contribution in [0.4, 0.5) is 20.2 Å². The molecule has 3 aromatic rings. The van der Waals surface area contributed by atoms with Gasteiger partial charge in [-0.2, -0.15) is 0 Å². The van der Waals surface area contributed by atoms with E-state index in [9.17, 15) is 22.0 Å². The minimum Gasteiger partial charge on any atom is -0.319 e. The van der Waals surface area contributed by atoms with Gasteiger partial charge in [0.15, 0.2) is 0 Å². The molecule has 5 nitrogen and oxygen atoms in total. The Morgan fingerprint density at radius 1 is 0.897 bits per heavy atom. The summed E-state index contributed by atoms with van der Waals surface area (Å²) < 4.78 is 54.6. The first-order valence-electron chi connectivity index (χ1n) is 8.01. The largest absolute Gasteiger partial charge is 0.319 e. The van der Waals surface area contributed by atoms with Gasteiger partial charge in [0.05, 0.1) is 26.3 Å².